The van der Waals surface area contributed by atoms with Crippen LogP contribution in [0.25, 0.3) is 6.08 Å². The van der Waals surface area contributed by atoms with Crippen molar-refractivity contribution >= 4 is 45.4 Å². The van der Waals surface area contributed by atoms with Crippen molar-refractivity contribution in [2.24, 2.45) is 0 Å². The monoisotopic (exact) mass is 438 g/mol. The van der Waals surface area contributed by atoms with Gasteiger partial charge in [-0.2, -0.15) is 5.26 Å². The lowest BCUT2D eigenvalue weighted by atomic mass is 10.2. The van der Waals surface area contributed by atoms with Crippen molar-refractivity contribution in [3.63, 3.8) is 0 Å². The van der Waals surface area contributed by atoms with Crippen LogP contribution in [0.3, 0.4) is 0 Å². The van der Waals surface area contributed by atoms with Crippen LogP contribution < -0.4 is 5.32 Å². The third-order valence-electron chi connectivity index (χ3n) is 3.59. The molecule has 0 unspecified atom stereocenters. The zero-order chi connectivity index (χ0) is 19.2. The number of rotatable bonds is 5. The molecular formula is C21H15BrN2O2S. The van der Waals surface area contributed by atoms with E-state index in [1.807, 2.05) is 55.5 Å². The van der Waals surface area contributed by atoms with E-state index in [4.69, 9.17) is 4.42 Å². The summed E-state index contributed by atoms with van der Waals surface area (Å²) in [5.74, 6) is -0.0537. The Labute approximate surface area is 170 Å². The molecule has 2 aromatic carbocycles. The van der Waals surface area contributed by atoms with E-state index in [2.05, 4.69) is 21.2 Å². The number of furan rings is 1. The fraction of sp³-hybridized carbons (Fsp3) is 0.0476. The van der Waals surface area contributed by atoms with Crippen LogP contribution in [0.15, 0.2) is 85.1 Å². The van der Waals surface area contributed by atoms with Crippen LogP contribution in [-0.4, -0.2) is 5.91 Å². The van der Waals surface area contributed by atoms with Gasteiger partial charge in [0.1, 0.15) is 17.4 Å². The molecule has 1 N–H and O–H groups in total. The molecule has 0 bridgehead atoms. The summed E-state index contributed by atoms with van der Waals surface area (Å²) in [7, 11) is 0. The number of hydrogen-bond acceptors (Lipinski definition) is 4. The lowest BCUT2D eigenvalue weighted by Gasteiger charge is -2.04. The zero-order valence-electron chi connectivity index (χ0n) is 14.4. The quantitative estimate of drug-likeness (QED) is 0.388. The third-order valence-corrected chi connectivity index (χ3v) is 5.44. The lowest BCUT2D eigenvalue weighted by molar-refractivity contribution is -0.112. The number of carbonyl (C=O) groups excluding carboxylic acids is 1. The van der Waals surface area contributed by atoms with E-state index in [-0.39, 0.29) is 5.57 Å². The fourth-order valence-corrected chi connectivity index (χ4v) is 3.58. The Kier molecular flexibility index (Phi) is 6.17. The van der Waals surface area contributed by atoms with Gasteiger partial charge in [-0.05, 0) is 53.2 Å². The van der Waals surface area contributed by atoms with Gasteiger partial charge >= 0.3 is 0 Å². The van der Waals surface area contributed by atoms with E-state index in [0.717, 1.165) is 14.9 Å². The second-order valence-corrected chi connectivity index (χ2v) is 7.59. The molecule has 134 valence electrons. The Bertz CT molecular complexity index is 1020. The van der Waals surface area contributed by atoms with Crippen molar-refractivity contribution in [3.05, 3.63) is 82.0 Å². The average molecular weight is 439 g/mol. The maximum Gasteiger partial charge on any atom is 0.266 e. The molecule has 1 aromatic heterocycles. The Morgan fingerprint density at radius 2 is 1.89 bits per heavy atom. The number of nitrogens with one attached hydrogen (secondary N) is 1. The largest absolute Gasteiger partial charge is 0.449 e. The van der Waals surface area contributed by atoms with E-state index < -0.39 is 5.91 Å². The molecule has 0 spiro atoms. The maximum atomic E-state index is 12.4. The summed E-state index contributed by atoms with van der Waals surface area (Å²) < 4.78 is 6.54. The van der Waals surface area contributed by atoms with Crippen LogP contribution >= 0.6 is 27.7 Å². The van der Waals surface area contributed by atoms with Crippen molar-refractivity contribution in [3.8, 4) is 6.07 Å². The highest BCUT2D eigenvalue weighted by Crippen LogP contribution is 2.36. The van der Waals surface area contributed by atoms with Gasteiger partial charge in [0.25, 0.3) is 5.91 Å². The standard InChI is InChI=1S/C21H15BrN2O2S/c1-14-7-9-16(10-8-14)24-20(25)15(13-23)11-17-12-19(22)21(26-17)27-18-5-3-2-4-6-18/h2-12H,1H3,(H,24,25)/b15-11-. The fourth-order valence-electron chi connectivity index (χ4n) is 2.23. The molecule has 0 radical (unpaired) electrons. The van der Waals surface area contributed by atoms with Gasteiger partial charge in [0.15, 0.2) is 5.09 Å². The van der Waals surface area contributed by atoms with Crippen LogP contribution in [0, 0.1) is 18.3 Å². The van der Waals surface area contributed by atoms with Gasteiger partial charge in [-0.15, -0.1) is 0 Å². The van der Waals surface area contributed by atoms with Crippen LogP contribution in [0.2, 0.25) is 0 Å². The number of anilines is 1. The summed E-state index contributed by atoms with van der Waals surface area (Å²) in [6, 6.07) is 20.8. The summed E-state index contributed by atoms with van der Waals surface area (Å²) in [5, 5.41) is 12.7. The molecule has 0 atom stereocenters. The first-order valence-electron chi connectivity index (χ1n) is 8.07. The van der Waals surface area contributed by atoms with Crippen LogP contribution in [0.4, 0.5) is 5.69 Å². The Morgan fingerprint density at radius 1 is 1.19 bits per heavy atom. The molecule has 0 saturated heterocycles. The second kappa shape index (κ2) is 8.76. The van der Waals surface area contributed by atoms with Crippen molar-refractivity contribution in [2.75, 3.05) is 5.32 Å². The molecule has 1 heterocycles. The Hall–Kier alpha value is -2.75. The molecule has 1 amide bonds. The van der Waals surface area contributed by atoms with Crippen LogP contribution in [-0.2, 0) is 4.79 Å². The minimum absolute atomic E-state index is 0.0342. The molecule has 6 heteroatoms. The Morgan fingerprint density at radius 3 is 2.56 bits per heavy atom. The molecule has 3 aromatic rings. The highest BCUT2D eigenvalue weighted by atomic mass is 79.9. The van der Waals surface area contributed by atoms with Crippen molar-refractivity contribution in [1.82, 2.24) is 0 Å². The van der Waals surface area contributed by atoms with Gasteiger partial charge in [0.05, 0.1) is 4.47 Å². The molecule has 0 aliphatic carbocycles. The van der Waals surface area contributed by atoms with Gasteiger partial charge in [-0.3, -0.25) is 4.79 Å². The van der Waals surface area contributed by atoms with Gasteiger partial charge in [0, 0.05) is 16.7 Å². The van der Waals surface area contributed by atoms with E-state index in [9.17, 15) is 10.1 Å². The summed E-state index contributed by atoms with van der Waals surface area (Å²) in [6.07, 6.45) is 1.43. The van der Waals surface area contributed by atoms with Gasteiger partial charge in [-0.1, -0.05) is 47.7 Å². The summed E-state index contributed by atoms with van der Waals surface area (Å²) >= 11 is 4.91. The van der Waals surface area contributed by atoms with E-state index in [1.165, 1.54) is 17.8 Å². The number of nitrogens with zero attached hydrogens (tertiary/aromatic N) is 1. The SMILES string of the molecule is Cc1ccc(NC(=O)/C(C#N)=C\c2cc(Br)c(Sc3ccccc3)o2)cc1. The Balaban J connectivity index is 1.77. The summed E-state index contributed by atoms with van der Waals surface area (Å²) in [6.45, 7) is 1.96. The molecule has 0 aliphatic rings. The number of halogens is 1. The zero-order valence-corrected chi connectivity index (χ0v) is 16.8. The minimum atomic E-state index is -0.480. The van der Waals surface area contributed by atoms with E-state index in [1.54, 1.807) is 18.2 Å². The van der Waals surface area contributed by atoms with Gasteiger partial charge < -0.3 is 9.73 Å². The molecule has 3 rings (SSSR count). The number of nitriles is 1. The first-order chi connectivity index (χ1) is 13.0. The van der Waals surface area contributed by atoms with Crippen LogP contribution in [0.5, 0.6) is 0 Å². The number of amides is 1. The van der Waals surface area contributed by atoms with Crippen molar-refractivity contribution < 1.29 is 9.21 Å². The second-order valence-electron chi connectivity index (χ2n) is 5.69. The predicted molar refractivity (Wildman–Crippen MR) is 110 cm³/mol. The predicted octanol–water partition coefficient (Wildman–Crippen LogP) is 6.05. The van der Waals surface area contributed by atoms with Gasteiger partial charge in [-0.25, -0.2) is 0 Å². The topological polar surface area (TPSA) is 66.0 Å². The number of carbonyl (C=O) groups is 1. The molecular weight excluding hydrogens is 424 g/mol. The third kappa shape index (κ3) is 5.13. The smallest absolute Gasteiger partial charge is 0.266 e. The number of hydrogen-bond donors (Lipinski definition) is 1. The summed E-state index contributed by atoms with van der Waals surface area (Å²) in [5.41, 5.74) is 1.69. The first-order valence-corrected chi connectivity index (χ1v) is 9.68. The number of benzene rings is 2. The van der Waals surface area contributed by atoms with Crippen LogP contribution in [0.1, 0.15) is 11.3 Å². The molecule has 0 aliphatic heterocycles. The molecule has 0 fully saturated rings. The van der Waals surface area contributed by atoms with E-state index >= 15 is 0 Å². The summed E-state index contributed by atoms with van der Waals surface area (Å²) in [4.78, 5) is 13.4. The highest BCUT2D eigenvalue weighted by Gasteiger charge is 2.14. The first kappa shape index (κ1) is 19.0. The molecule has 27 heavy (non-hydrogen) atoms. The normalized spacial score (nSPS) is 11.1. The average Bonchev–Trinajstić information content (AvgIpc) is 3.01. The van der Waals surface area contributed by atoms with Crippen molar-refractivity contribution in [2.45, 2.75) is 16.9 Å². The van der Waals surface area contributed by atoms with Gasteiger partial charge in [0.2, 0.25) is 0 Å². The molecule has 0 saturated carbocycles. The maximum absolute atomic E-state index is 12.4. The molecule has 4 nitrogen and oxygen atoms in total. The number of aryl methyl sites for hydroxylation is 1. The van der Waals surface area contributed by atoms with E-state index in [0.29, 0.717) is 16.5 Å². The highest BCUT2D eigenvalue weighted by molar-refractivity contribution is 9.10. The minimum Gasteiger partial charge on any atom is -0.449 e. The van der Waals surface area contributed by atoms with Crippen molar-refractivity contribution in [1.29, 1.82) is 5.26 Å². The lowest BCUT2D eigenvalue weighted by Crippen LogP contribution is -2.13.